The zero-order chi connectivity index (χ0) is 19.4. The van der Waals surface area contributed by atoms with E-state index in [0.29, 0.717) is 11.0 Å². The quantitative estimate of drug-likeness (QED) is 0.536. The summed E-state index contributed by atoms with van der Waals surface area (Å²) in [5.41, 5.74) is 9.25. The minimum atomic E-state index is -1.53. The van der Waals surface area contributed by atoms with Crippen molar-refractivity contribution < 1.29 is 13.2 Å². The van der Waals surface area contributed by atoms with Crippen molar-refractivity contribution in [2.45, 2.75) is 18.9 Å². The van der Waals surface area contributed by atoms with Gasteiger partial charge < -0.3 is 5.73 Å². The van der Waals surface area contributed by atoms with Crippen molar-refractivity contribution >= 4 is 16.9 Å². The van der Waals surface area contributed by atoms with Crippen molar-refractivity contribution in [1.29, 1.82) is 0 Å². The van der Waals surface area contributed by atoms with E-state index in [1.807, 2.05) is 12.1 Å². The molecule has 0 saturated carbocycles. The number of nitrogens with two attached hydrogens (primary N) is 1. The highest BCUT2D eigenvalue weighted by Gasteiger charge is 2.28. The van der Waals surface area contributed by atoms with Crippen LogP contribution in [0.2, 0.25) is 0 Å². The normalized spacial score (nSPS) is 14.0. The van der Waals surface area contributed by atoms with Gasteiger partial charge in [0.15, 0.2) is 23.1 Å². The molecule has 0 unspecified atom stereocenters. The first-order valence-corrected chi connectivity index (χ1v) is 8.73. The average Bonchev–Trinajstić information content (AvgIpc) is 3.27. The Balaban J connectivity index is 1.70. The minimum Gasteiger partial charge on any atom is -0.383 e. The van der Waals surface area contributed by atoms with Crippen LogP contribution in [0.5, 0.6) is 0 Å². The second-order valence-electron chi connectivity index (χ2n) is 6.84. The summed E-state index contributed by atoms with van der Waals surface area (Å²) in [4.78, 5) is 8.29. The van der Waals surface area contributed by atoms with E-state index in [4.69, 9.17) is 5.73 Å². The zero-order valence-corrected chi connectivity index (χ0v) is 14.5. The summed E-state index contributed by atoms with van der Waals surface area (Å²) in [6.45, 7) is 0. The molecule has 0 radical (unpaired) electrons. The van der Waals surface area contributed by atoms with Crippen molar-refractivity contribution in [3.05, 3.63) is 71.3 Å². The summed E-state index contributed by atoms with van der Waals surface area (Å²) in [5.74, 6) is -3.96. The maximum absolute atomic E-state index is 13.8. The Labute approximate surface area is 157 Å². The Kier molecular flexibility index (Phi) is 3.61. The predicted octanol–water partition coefficient (Wildman–Crippen LogP) is 3.83. The summed E-state index contributed by atoms with van der Waals surface area (Å²) in [6.07, 6.45) is 2.83. The van der Waals surface area contributed by atoms with Crippen LogP contribution in [-0.4, -0.2) is 19.7 Å². The number of benzene rings is 2. The van der Waals surface area contributed by atoms with Crippen molar-refractivity contribution in [1.82, 2.24) is 19.7 Å². The van der Waals surface area contributed by atoms with Crippen molar-refractivity contribution in [2.24, 2.45) is 0 Å². The van der Waals surface area contributed by atoms with Crippen molar-refractivity contribution in [2.75, 3.05) is 5.73 Å². The van der Waals surface area contributed by atoms with Crippen LogP contribution in [0.25, 0.3) is 22.3 Å². The van der Waals surface area contributed by atoms with Crippen LogP contribution in [-0.2, 0) is 12.8 Å². The molecule has 2 aromatic carbocycles. The van der Waals surface area contributed by atoms with Gasteiger partial charge in [0.25, 0.3) is 0 Å². The molecule has 140 valence electrons. The highest BCUT2D eigenvalue weighted by Crippen LogP contribution is 2.36. The Bertz CT molecular complexity index is 1190. The van der Waals surface area contributed by atoms with Crippen LogP contribution < -0.4 is 5.73 Å². The molecule has 2 N–H and O–H groups in total. The van der Waals surface area contributed by atoms with Gasteiger partial charge in [-0.25, -0.2) is 27.8 Å². The molecule has 0 aliphatic heterocycles. The first kappa shape index (κ1) is 16.7. The first-order valence-electron chi connectivity index (χ1n) is 8.73. The van der Waals surface area contributed by atoms with Crippen LogP contribution in [0.1, 0.15) is 17.2 Å². The number of aromatic nitrogens is 4. The van der Waals surface area contributed by atoms with Crippen LogP contribution in [0.15, 0.2) is 42.7 Å². The van der Waals surface area contributed by atoms with E-state index in [9.17, 15) is 13.2 Å². The molecule has 28 heavy (non-hydrogen) atoms. The summed E-state index contributed by atoms with van der Waals surface area (Å²) in [7, 11) is 0. The molecule has 4 aromatic rings. The monoisotopic (exact) mass is 381 g/mol. The fourth-order valence-electron chi connectivity index (χ4n) is 3.85. The summed E-state index contributed by atoms with van der Waals surface area (Å²) < 4.78 is 42.7. The number of fused-ring (bicyclic) bond motifs is 2. The maximum Gasteiger partial charge on any atom is 0.194 e. The highest BCUT2D eigenvalue weighted by atomic mass is 19.2. The largest absolute Gasteiger partial charge is 0.383 e. The van der Waals surface area contributed by atoms with Crippen LogP contribution in [0, 0.1) is 17.5 Å². The minimum absolute atomic E-state index is 0.0157. The van der Waals surface area contributed by atoms with Gasteiger partial charge >= 0.3 is 0 Å². The Morgan fingerprint density at radius 1 is 0.964 bits per heavy atom. The third-order valence-electron chi connectivity index (χ3n) is 5.15. The summed E-state index contributed by atoms with van der Waals surface area (Å²) >= 11 is 0. The van der Waals surface area contributed by atoms with Gasteiger partial charge in [-0.05, 0) is 36.1 Å². The first-order chi connectivity index (χ1) is 13.5. The van der Waals surface area contributed by atoms with E-state index in [-0.39, 0.29) is 23.1 Å². The molecular formula is C20H14F3N5. The number of rotatable bonds is 2. The molecule has 0 spiro atoms. The van der Waals surface area contributed by atoms with Gasteiger partial charge in [-0.1, -0.05) is 24.3 Å². The van der Waals surface area contributed by atoms with E-state index in [1.165, 1.54) is 17.5 Å². The van der Waals surface area contributed by atoms with E-state index in [2.05, 4.69) is 27.2 Å². The molecule has 2 aromatic heterocycles. The zero-order valence-electron chi connectivity index (χ0n) is 14.5. The molecule has 2 heterocycles. The standard InChI is InChI=1S/C20H14F3N5/c21-14-7-12(8-15(22)17(14)23)18-16-19(24)25-9-26-20(16)28(27-18)13-5-10-3-1-2-4-11(10)6-13/h1-4,7-9,13H,5-6H2,(H2,24,25,26). The Morgan fingerprint density at radius 2 is 1.61 bits per heavy atom. The molecule has 5 rings (SSSR count). The second kappa shape index (κ2) is 6.05. The summed E-state index contributed by atoms with van der Waals surface area (Å²) in [5, 5.41) is 4.97. The lowest BCUT2D eigenvalue weighted by atomic mass is 10.1. The molecule has 5 nitrogen and oxygen atoms in total. The fraction of sp³-hybridized carbons (Fsp3) is 0.150. The van der Waals surface area contributed by atoms with Gasteiger partial charge in [0, 0.05) is 5.56 Å². The SMILES string of the molecule is Nc1ncnc2c1c(-c1cc(F)c(F)c(F)c1)nn2C1Cc2ccccc2C1. The topological polar surface area (TPSA) is 69.6 Å². The van der Waals surface area contributed by atoms with Gasteiger partial charge in [-0.2, -0.15) is 5.10 Å². The third-order valence-corrected chi connectivity index (χ3v) is 5.15. The molecule has 0 saturated heterocycles. The molecule has 1 aliphatic rings. The third kappa shape index (κ3) is 2.45. The number of nitrogen functional groups attached to an aromatic ring is 1. The van der Waals surface area contributed by atoms with Gasteiger partial charge in [-0.15, -0.1) is 0 Å². The lowest BCUT2D eigenvalue weighted by Crippen LogP contribution is -2.11. The Morgan fingerprint density at radius 3 is 2.25 bits per heavy atom. The highest BCUT2D eigenvalue weighted by molar-refractivity contribution is 5.98. The smallest absolute Gasteiger partial charge is 0.194 e. The van der Waals surface area contributed by atoms with Gasteiger partial charge in [0.05, 0.1) is 11.4 Å². The van der Waals surface area contributed by atoms with Crippen LogP contribution in [0.4, 0.5) is 19.0 Å². The predicted molar refractivity (Wildman–Crippen MR) is 97.9 cm³/mol. The van der Waals surface area contributed by atoms with Gasteiger partial charge in [0.2, 0.25) is 0 Å². The average molecular weight is 381 g/mol. The van der Waals surface area contributed by atoms with Crippen LogP contribution >= 0.6 is 0 Å². The fourth-order valence-corrected chi connectivity index (χ4v) is 3.85. The molecule has 1 aliphatic carbocycles. The lowest BCUT2D eigenvalue weighted by Gasteiger charge is -2.10. The van der Waals surface area contributed by atoms with E-state index < -0.39 is 17.5 Å². The maximum atomic E-state index is 13.8. The molecule has 0 amide bonds. The molecule has 8 heteroatoms. The van der Waals surface area contributed by atoms with E-state index in [0.717, 1.165) is 25.0 Å². The van der Waals surface area contributed by atoms with Crippen LogP contribution in [0.3, 0.4) is 0 Å². The van der Waals surface area contributed by atoms with E-state index >= 15 is 0 Å². The number of hydrogen-bond acceptors (Lipinski definition) is 4. The molecule has 0 fully saturated rings. The van der Waals surface area contributed by atoms with Crippen molar-refractivity contribution in [3.8, 4) is 11.3 Å². The molecule has 0 atom stereocenters. The van der Waals surface area contributed by atoms with Crippen molar-refractivity contribution in [3.63, 3.8) is 0 Å². The lowest BCUT2D eigenvalue weighted by molar-refractivity contribution is 0.447. The molecular weight excluding hydrogens is 367 g/mol. The number of hydrogen-bond donors (Lipinski definition) is 1. The van der Waals surface area contributed by atoms with Gasteiger partial charge in [0.1, 0.15) is 17.8 Å². The Hall–Kier alpha value is -3.42. The number of nitrogens with zero attached hydrogens (tertiary/aromatic N) is 4. The number of halogens is 3. The second-order valence-corrected chi connectivity index (χ2v) is 6.84. The van der Waals surface area contributed by atoms with Gasteiger partial charge in [-0.3, -0.25) is 0 Å². The number of anilines is 1. The van der Waals surface area contributed by atoms with E-state index in [1.54, 1.807) is 4.68 Å². The molecule has 0 bridgehead atoms. The summed E-state index contributed by atoms with van der Waals surface area (Å²) in [6, 6.07) is 9.89.